The molecule has 0 aromatic carbocycles. The zero-order valence-corrected chi connectivity index (χ0v) is 27.1. The molecule has 2 unspecified atom stereocenters. The molecule has 0 saturated heterocycles. The Kier molecular flexibility index (Phi) is 10.6. The average Bonchev–Trinajstić information content (AvgIpc) is 2.63. The van der Waals surface area contributed by atoms with E-state index >= 15 is 0 Å². The van der Waals surface area contributed by atoms with Gasteiger partial charge in [0.1, 0.15) is 6.10 Å². The van der Waals surface area contributed by atoms with Crippen LogP contribution in [0.2, 0.25) is 36.3 Å². The molecule has 8 heteroatoms. The van der Waals surface area contributed by atoms with E-state index in [4.69, 9.17) is 8.85 Å². The Morgan fingerprint density at radius 3 is 1.82 bits per heavy atom. The maximum absolute atomic E-state index is 13.3. The Morgan fingerprint density at radius 2 is 1.41 bits per heavy atom. The highest BCUT2D eigenvalue weighted by molar-refractivity contribution is 7.84. The lowest BCUT2D eigenvalue weighted by Gasteiger charge is -2.43. The van der Waals surface area contributed by atoms with Crippen molar-refractivity contribution in [2.75, 3.05) is 0 Å². The minimum atomic E-state index is -2.15. The molecular weight excluding hydrogens is 477 g/mol. The van der Waals surface area contributed by atoms with E-state index in [0.29, 0.717) is 6.42 Å². The van der Waals surface area contributed by atoms with Crippen molar-refractivity contribution in [3.05, 3.63) is 30.1 Å². The zero-order valence-electron chi connectivity index (χ0n) is 24.3. The molecule has 1 N–H and O–H groups in total. The third-order valence-electron chi connectivity index (χ3n) is 7.27. The number of aromatic nitrogens is 1. The van der Waals surface area contributed by atoms with Gasteiger partial charge in [0.2, 0.25) is 0 Å². The van der Waals surface area contributed by atoms with Gasteiger partial charge in [0, 0.05) is 12.3 Å². The molecule has 0 spiro atoms. The largest absolute Gasteiger partial charge is 0.414 e. The summed E-state index contributed by atoms with van der Waals surface area (Å²) in [7, 11) is -5.36. The van der Waals surface area contributed by atoms with Crippen molar-refractivity contribution in [3.63, 3.8) is 0 Å². The second-order valence-corrected chi connectivity index (χ2v) is 25.1. The van der Waals surface area contributed by atoms with Gasteiger partial charge in [-0.25, -0.2) is 8.93 Å². The molecule has 0 saturated carbocycles. The Balaban J connectivity index is 3.44. The highest BCUT2D eigenvalue weighted by Crippen LogP contribution is 2.42. The maximum Gasteiger partial charge on any atom is 0.193 e. The van der Waals surface area contributed by atoms with Crippen LogP contribution in [0.3, 0.4) is 0 Å². The Bertz CT molecular complexity index is 797. The fourth-order valence-electron chi connectivity index (χ4n) is 3.02. The number of hydrogen-bond acceptors (Lipinski definition) is 4. The van der Waals surface area contributed by atoms with Crippen molar-refractivity contribution < 1.29 is 13.1 Å². The van der Waals surface area contributed by atoms with Crippen molar-refractivity contribution in [2.45, 2.75) is 135 Å². The van der Waals surface area contributed by atoms with E-state index < -0.39 is 32.4 Å². The van der Waals surface area contributed by atoms with Crippen LogP contribution in [-0.2, 0) is 19.8 Å². The topological polar surface area (TPSA) is 60.5 Å². The smallest absolute Gasteiger partial charge is 0.193 e. The third kappa shape index (κ3) is 8.93. The molecule has 0 amide bonds. The lowest BCUT2D eigenvalue weighted by Crippen LogP contribution is -2.51. The van der Waals surface area contributed by atoms with Crippen LogP contribution in [0.25, 0.3) is 0 Å². The summed E-state index contributed by atoms with van der Waals surface area (Å²) in [6.45, 7) is 30.7. The van der Waals surface area contributed by atoms with E-state index in [1.54, 1.807) is 0 Å². The number of nitrogens with one attached hydrogen (secondary N) is 1. The third-order valence-corrected chi connectivity index (χ3v) is 18.0. The van der Waals surface area contributed by atoms with Crippen LogP contribution >= 0.6 is 0 Å². The normalized spacial score (nSPS) is 17.8. The van der Waals surface area contributed by atoms with E-state index in [0.717, 1.165) is 5.69 Å². The molecule has 34 heavy (non-hydrogen) atoms. The molecule has 1 heterocycles. The quantitative estimate of drug-likeness (QED) is 0.322. The molecule has 0 bridgehead atoms. The minimum Gasteiger partial charge on any atom is -0.414 e. The number of nitrogens with zero attached hydrogens (tertiary/aromatic N) is 1. The van der Waals surface area contributed by atoms with E-state index in [1.165, 1.54) is 0 Å². The second kappa shape index (κ2) is 11.3. The predicted molar refractivity (Wildman–Crippen MR) is 152 cm³/mol. The van der Waals surface area contributed by atoms with Crippen LogP contribution in [0.15, 0.2) is 24.4 Å². The second-order valence-electron chi connectivity index (χ2n) is 13.6. The van der Waals surface area contributed by atoms with Crippen molar-refractivity contribution in [1.29, 1.82) is 0 Å². The molecule has 4 atom stereocenters. The summed E-state index contributed by atoms with van der Waals surface area (Å²) in [5.41, 5.74) is 0.871. The van der Waals surface area contributed by atoms with Crippen LogP contribution < -0.4 is 4.72 Å². The number of rotatable bonds is 10. The molecule has 198 valence electrons. The Morgan fingerprint density at radius 1 is 0.912 bits per heavy atom. The monoisotopic (exact) mass is 528 g/mol. The van der Waals surface area contributed by atoms with Gasteiger partial charge in [-0.15, -0.1) is 0 Å². The highest BCUT2D eigenvalue weighted by Gasteiger charge is 2.44. The van der Waals surface area contributed by atoms with E-state index in [-0.39, 0.29) is 28.3 Å². The van der Waals surface area contributed by atoms with Crippen LogP contribution in [0.4, 0.5) is 0 Å². The zero-order chi connectivity index (χ0) is 26.8. The van der Waals surface area contributed by atoms with E-state index in [1.807, 2.05) is 45.2 Å². The summed E-state index contributed by atoms with van der Waals surface area (Å²) in [5.74, 6) is 0. The first-order chi connectivity index (χ1) is 15.1. The summed E-state index contributed by atoms with van der Waals surface area (Å²) >= 11 is 0. The van der Waals surface area contributed by atoms with Gasteiger partial charge in [-0.2, -0.15) is 0 Å². The highest BCUT2D eigenvalue weighted by atomic mass is 32.2. The minimum absolute atomic E-state index is 0.00964. The Labute approximate surface area is 215 Å². The Hall–Kier alpha value is -0.386. The first-order valence-corrected chi connectivity index (χ1v) is 19.5. The van der Waals surface area contributed by atoms with Gasteiger partial charge in [0.15, 0.2) is 16.6 Å². The summed E-state index contributed by atoms with van der Waals surface area (Å²) in [6, 6.07) is 5.74. The molecule has 1 aromatic heterocycles. The maximum atomic E-state index is 13.3. The molecular formula is C26H52N2O3SSi2. The van der Waals surface area contributed by atoms with Gasteiger partial charge >= 0.3 is 0 Å². The molecule has 5 nitrogen and oxygen atoms in total. The summed E-state index contributed by atoms with van der Waals surface area (Å²) < 4.78 is 30.1. The van der Waals surface area contributed by atoms with Crippen LogP contribution in [-0.4, -0.2) is 42.7 Å². The average molecular weight is 529 g/mol. The van der Waals surface area contributed by atoms with Gasteiger partial charge in [-0.3, -0.25) is 4.98 Å². The molecule has 0 aliphatic carbocycles. The summed E-state index contributed by atoms with van der Waals surface area (Å²) in [5, 5.41) is 0.160. The van der Waals surface area contributed by atoms with E-state index in [2.05, 4.69) is 84.4 Å². The first-order valence-electron chi connectivity index (χ1n) is 12.5. The van der Waals surface area contributed by atoms with Crippen molar-refractivity contribution in [1.82, 2.24) is 9.71 Å². The predicted octanol–water partition coefficient (Wildman–Crippen LogP) is 7.37. The lowest BCUT2D eigenvalue weighted by molar-refractivity contribution is 0.104. The van der Waals surface area contributed by atoms with Crippen molar-refractivity contribution >= 4 is 27.6 Å². The molecule has 1 rings (SSSR count). The fourth-order valence-corrected chi connectivity index (χ4v) is 6.60. The molecule has 0 radical (unpaired) electrons. The van der Waals surface area contributed by atoms with Gasteiger partial charge < -0.3 is 8.85 Å². The summed E-state index contributed by atoms with van der Waals surface area (Å²) in [4.78, 5) is 4.68. The van der Waals surface area contributed by atoms with Crippen molar-refractivity contribution in [2.24, 2.45) is 0 Å². The molecule has 1 aromatic rings. The van der Waals surface area contributed by atoms with Crippen LogP contribution in [0.5, 0.6) is 0 Å². The fraction of sp³-hybridized carbons (Fsp3) is 0.808. The van der Waals surface area contributed by atoms with Crippen LogP contribution in [0.1, 0.15) is 87.5 Å². The number of hydrogen-bond donors (Lipinski definition) is 1. The SMILES string of the molecule is CC(C[C@H](N[S@](=O)C(C)(C)C)C(O[Si](C)(C)C(C)(C)C)c1ccccn1)O[Si](C)(C)C(C)(C)C. The van der Waals surface area contributed by atoms with Gasteiger partial charge in [0.25, 0.3) is 0 Å². The molecule has 0 fully saturated rings. The number of pyridine rings is 1. The van der Waals surface area contributed by atoms with Crippen LogP contribution in [0, 0.1) is 0 Å². The standard InChI is InChI=1S/C26H52N2O3SSi2/c1-20(30-33(11,12)25(5,6)7)19-22(28-32(29)24(2,3)4)23(21-17-15-16-18-27-21)31-34(13,14)26(8,9)10/h15-18,20,22-23,28H,19H2,1-14H3/t20?,22-,23?,32+/m0/s1. The molecule has 0 aliphatic heterocycles. The summed E-state index contributed by atoms with van der Waals surface area (Å²) in [6.07, 6.45) is 2.16. The van der Waals surface area contributed by atoms with Crippen molar-refractivity contribution in [3.8, 4) is 0 Å². The van der Waals surface area contributed by atoms with Gasteiger partial charge in [-0.05, 0) is 82.5 Å². The molecule has 0 aliphatic rings. The first kappa shape index (κ1) is 31.6. The van der Waals surface area contributed by atoms with Gasteiger partial charge in [-0.1, -0.05) is 47.6 Å². The van der Waals surface area contributed by atoms with E-state index in [9.17, 15) is 4.21 Å². The van der Waals surface area contributed by atoms with Gasteiger partial charge in [0.05, 0.1) is 27.5 Å². The lowest BCUT2D eigenvalue weighted by atomic mass is 10.0.